The van der Waals surface area contributed by atoms with Crippen LogP contribution in [0.25, 0.3) is 22.1 Å². The second kappa shape index (κ2) is 4.27. The Morgan fingerprint density at radius 1 is 1.11 bits per heavy atom. The first-order valence-electron chi connectivity index (χ1n) is 5.94. The van der Waals surface area contributed by atoms with E-state index >= 15 is 0 Å². The van der Waals surface area contributed by atoms with Crippen LogP contribution in [0.1, 0.15) is 18.9 Å². The van der Waals surface area contributed by atoms with Gasteiger partial charge in [0, 0.05) is 5.56 Å². The van der Waals surface area contributed by atoms with E-state index in [4.69, 9.17) is 10.2 Å². The molecule has 0 spiro atoms. The zero-order valence-electron chi connectivity index (χ0n) is 10.1. The summed E-state index contributed by atoms with van der Waals surface area (Å²) in [6.45, 7) is 1.86. The molecular weight excluding hydrogens is 224 g/mol. The highest BCUT2D eigenvalue weighted by molar-refractivity contribution is 5.86. The summed E-state index contributed by atoms with van der Waals surface area (Å²) in [6, 6.07) is 14.3. The van der Waals surface area contributed by atoms with Gasteiger partial charge in [-0.25, -0.2) is 4.98 Å². The summed E-state index contributed by atoms with van der Waals surface area (Å²) >= 11 is 0. The van der Waals surface area contributed by atoms with Crippen LogP contribution >= 0.6 is 0 Å². The Kier molecular flexibility index (Phi) is 2.61. The number of nitrogens with two attached hydrogens (primary N) is 1. The molecule has 0 radical (unpaired) electrons. The Balaban J connectivity index is 2.07. The smallest absolute Gasteiger partial charge is 0.211 e. The normalized spacial score (nSPS) is 12.8. The van der Waals surface area contributed by atoms with Crippen molar-refractivity contribution in [3.05, 3.63) is 54.6 Å². The van der Waals surface area contributed by atoms with Crippen LogP contribution in [-0.4, -0.2) is 4.98 Å². The maximum Gasteiger partial charge on any atom is 0.211 e. The molecule has 18 heavy (non-hydrogen) atoms. The average molecular weight is 238 g/mol. The van der Waals surface area contributed by atoms with Crippen molar-refractivity contribution in [1.29, 1.82) is 0 Å². The Morgan fingerprint density at radius 3 is 2.61 bits per heavy atom. The van der Waals surface area contributed by atoms with Crippen LogP contribution in [0.4, 0.5) is 0 Å². The van der Waals surface area contributed by atoms with Gasteiger partial charge in [-0.1, -0.05) is 36.4 Å². The maximum atomic E-state index is 5.74. The molecule has 1 aromatic heterocycles. The fourth-order valence-corrected chi connectivity index (χ4v) is 1.97. The first-order valence-corrected chi connectivity index (χ1v) is 5.94. The molecule has 0 saturated carbocycles. The number of hydrogen-bond donors (Lipinski definition) is 1. The van der Waals surface area contributed by atoms with Crippen LogP contribution in [0, 0.1) is 0 Å². The van der Waals surface area contributed by atoms with Crippen molar-refractivity contribution in [2.45, 2.75) is 13.0 Å². The van der Waals surface area contributed by atoms with Gasteiger partial charge in [0.05, 0.1) is 12.2 Å². The third kappa shape index (κ3) is 1.89. The predicted octanol–water partition coefficient (Wildman–Crippen LogP) is 3.51. The highest BCUT2D eigenvalue weighted by Crippen LogP contribution is 2.26. The number of nitrogens with zero attached hydrogens (tertiary/aromatic N) is 1. The molecule has 1 unspecified atom stereocenters. The van der Waals surface area contributed by atoms with E-state index in [0.29, 0.717) is 5.89 Å². The lowest BCUT2D eigenvalue weighted by Gasteiger charge is -2.01. The molecule has 0 amide bonds. The molecule has 0 aliphatic rings. The van der Waals surface area contributed by atoms with Crippen molar-refractivity contribution in [1.82, 2.24) is 4.98 Å². The number of oxazole rings is 1. The molecule has 3 rings (SSSR count). The second-order valence-corrected chi connectivity index (χ2v) is 4.41. The van der Waals surface area contributed by atoms with E-state index in [-0.39, 0.29) is 6.04 Å². The molecule has 3 aromatic rings. The number of benzene rings is 2. The van der Waals surface area contributed by atoms with Crippen LogP contribution in [0.15, 0.2) is 53.1 Å². The average Bonchev–Trinajstić information content (AvgIpc) is 2.88. The maximum absolute atomic E-state index is 5.74. The highest BCUT2D eigenvalue weighted by Gasteiger charge is 2.09. The van der Waals surface area contributed by atoms with E-state index in [0.717, 1.165) is 11.3 Å². The van der Waals surface area contributed by atoms with Crippen LogP contribution in [0.3, 0.4) is 0 Å². The van der Waals surface area contributed by atoms with Gasteiger partial charge in [-0.3, -0.25) is 0 Å². The molecule has 1 atom stereocenters. The van der Waals surface area contributed by atoms with Crippen LogP contribution in [-0.2, 0) is 0 Å². The molecule has 0 bridgehead atoms. The molecule has 0 saturated heterocycles. The number of hydrogen-bond acceptors (Lipinski definition) is 3. The van der Waals surface area contributed by atoms with E-state index in [2.05, 4.69) is 29.2 Å². The van der Waals surface area contributed by atoms with Crippen molar-refractivity contribution < 1.29 is 4.42 Å². The first-order chi connectivity index (χ1) is 8.74. The van der Waals surface area contributed by atoms with Crippen LogP contribution in [0.5, 0.6) is 0 Å². The van der Waals surface area contributed by atoms with Gasteiger partial charge in [-0.2, -0.15) is 0 Å². The van der Waals surface area contributed by atoms with Crippen molar-refractivity contribution in [3.8, 4) is 11.3 Å². The summed E-state index contributed by atoms with van der Waals surface area (Å²) in [7, 11) is 0. The summed E-state index contributed by atoms with van der Waals surface area (Å²) in [4.78, 5) is 4.18. The zero-order valence-corrected chi connectivity index (χ0v) is 10.1. The van der Waals surface area contributed by atoms with E-state index in [9.17, 15) is 0 Å². The Morgan fingerprint density at radius 2 is 1.89 bits per heavy atom. The molecule has 0 fully saturated rings. The standard InChI is InChI=1S/C15H14N2O/c1-10(16)15-17-9-14(18-15)13-7-6-11-4-2-3-5-12(11)8-13/h2-10H,16H2,1H3. The molecule has 0 aliphatic heterocycles. The summed E-state index contributed by atoms with van der Waals surface area (Å²) in [5, 5.41) is 2.40. The van der Waals surface area contributed by atoms with Gasteiger partial charge in [0.1, 0.15) is 0 Å². The predicted molar refractivity (Wildman–Crippen MR) is 72.0 cm³/mol. The number of aromatic nitrogens is 1. The van der Waals surface area contributed by atoms with E-state index in [1.165, 1.54) is 10.8 Å². The third-order valence-corrected chi connectivity index (χ3v) is 2.95. The Labute approximate surface area is 105 Å². The Hall–Kier alpha value is -2.13. The van der Waals surface area contributed by atoms with Gasteiger partial charge in [-0.05, 0) is 23.8 Å². The minimum Gasteiger partial charge on any atom is -0.439 e. The zero-order chi connectivity index (χ0) is 12.5. The lowest BCUT2D eigenvalue weighted by Crippen LogP contribution is -2.04. The van der Waals surface area contributed by atoms with Gasteiger partial charge in [0.25, 0.3) is 0 Å². The van der Waals surface area contributed by atoms with Crippen LogP contribution in [0.2, 0.25) is 0 Å². The van der Waals surface area contributed by atoms with Crippen molar-refractivity contribution in [2.24, 2.45) is 5.73 Å². The fraction of sp³-hybridized carbons (Fsp3) is 0.133. The van der Waals surface area contributed by atoms with Crippen LogP contribution < -0.4 is 5.73 Å². The van der Waals surface area contributed by atoms with E-state index in [1.807, 2.05) is 25.1 Å². The van der Waals surface area contributed by atoms with Crippen molar-refractivity contribution in [2.75, 3.05) is 0 Å². The summed E-state index contributed by atoms with van der Waals surface area (Å²) in [5.74, 6) is 1.33. The van der Waals surface area contributed by atoms with Gasteiger partial charge >= 0.3 is 0 Å². The molecule has 3 heteroatoms. The Bertz CT molecular complexity index is 686. The lowest BCUT2D eigenvalue weighted by atomic mass is 10.1. The molecule has 2 N–H and O–H groups in total. The topological polar surface area (TPSA) is 52.0 Å². The fourth-order valence-electron chi connectivity index (χ4n) is 1.97. The SMILES string of the molecule is CC(N)c1ncc(-c2ccc3ccccc3c2)o1. The number of rotatable bonds is 2. The van der Waals surface area contributed by atoms with Crippen molar-refractivity contribution >= 4 is 10.8 Å². The number of fused-ring (bicyclic) bond motifs is 1. The van der Waals surface area contributed by atoms with E-state index in [1.54, 1.807) is 6.20 Å². The summed E-state index contributed by atoms with van der Waals surface area (Å²) in [5.41, 5.74) is 6.76. The van der Waals surface area contributed by atoms with Gasteiger partial charge < -0.3 is 10.2 Å². The van der Waals surface area contributed by atoms with Gasteiger partial charge in [0.2, 0.25) is 5.89 Å². The second-order valence-electron chi connectivity index (χ2n) is 4.41. The minimum absolute atomic E-state index is 0.181. The lowest BCUT2D eigenvalue weighted by molar-refractivity contribution is 0.474. The molecule has 90 valence electrons. The van der Waals surface area contributed by atoms with Crippen molar-refractivity contribution in [3.63, 3.8) is 0 Å². The highest BCUT2D eigenvalue weighted by atomic mass is 16.4. The molecule has 3 nitrogen and oxygen atoms in total. The van der Waals surface area contributed by atoms with Gasteiger partial charge in [-0.15, -0.1) is 0 Å². The first kappa shape index (κ1) is 11.0. The molecule has 2 aromatic carbocycles. The molecule has 0 aliphatic carbocycles. The molecular formula is C15H14N2O. The van der Waals surface area contributed by atoms with E-state index < -0.39 is 0 Å². The summed E-state index contributed by atoms with van der Waals surface area (Å²) in [6.07, 6.45) is 1.72. The largest absolute Gasteiger partial charge is 0.439 e. The monoisotopic (exact) mass is 238 g/mol. The third-order valence-electron chi connectivity index (χ3n) is 2.95. The van der Waals surface area contributed by atoms with Gasteiger partial charge in [0.15, 0.2) is 5.76 Å². The minimum atomic E-state index is -0.181. The quantitative estimate of drug-likeness (QED) is 0.743. The summed E-state index contributed by atoms with van der Waals surface area (Å²) < 4.78 is 5.64. The molecule has 1 heterocycles.